The van der Waals surface area contributed by atoms with E-state index in [2.05, 4.69) is 38.2 Å². The third-order valence-electron chi connectivity index (χ3n) is 3.36. The van der Waals surface area contributed by atoms with Crippen LogP contribution in [0.3, 0.4) is 0 Å². The maximum absolute atomic E-state index is 5.70. The quantitative estimate of drug-likeness (QED) is 0.696. The van der Waals surface area contributed by atoms with Crippen molar-refractivity contribution in [3.63, 3.8) is 0 Å². The van der Waals surface area contributed by atoms with Crippen molar-refractivity contribution in [2.24, 2.45) is 5.92 Å². The summed E-state index contributed by atoms with van der Waals surface area (Å²) in [4.78, 5) is 0. The molecule has 3 heteroatoms. The summed E-state index contributed by atoms with van der Waals surface area (Å²) in [7, 11) is 1.72. The van der Waals surface area contributed by atoms with E-state index in [1.165, 1.54) is 5.56 Å². The highest BCUT2D eigenvalue weighted by molar-refractivity contribution is 5.27. The van der Waals surface area contributed by atoms with Crippen LogP contribution < -0.4 is 10.1 Å². The zero-order valence-corrected chi connectivity index (χ0v) is 12.6. The summed E-state index contributed by atoms with van der Waals surface area (Å²) in [5, 5.41) is 3.45. The molecule has 1 atom stereocenters. The molecule has 0 bridgehead atoms. The second-order valence-corrected chi connectivity index (χ2v) is 5.22. The van der Waals surface area contributed by atoms with Gasteiger partial charge in [-0.15, -0.1) is 0 Å². The van der Waals surface area contributed by atoms with E-state index in [1.54, 1.807) is 7.11 Å². The predicted molar refractivity (Wildman–Crippen MR) is 79.8 cm³/mol. The van der Waals surface area contributed by atoms with Gasteiger partial charge in [-0.2, -0.15) is 0 Å². The zero-order valence-electron chi connectivity index (χ0n) is 12.6. The van der Waals surface area contributed by atoms with Crippen LogP contribution in [-0.2, 0) is 11.2 Å². The monoisotopic (exact) mass is 265 g/mol. The Labute approximate surface area is 117 Å². The SMILES string of the molecule is COCCc1ccc(OCCNC(C)C(C)C)cc1. The molecule has 0 aliphatic heterocycles. The van der Waals surface area contributed by atoms with E-state index < -0.39 is 0 Å². The van der Waals surface area contributed by atoms with E-state index in [0.717, 1.165) is 25.3 Å². The molecule has 0 spiro atoms. The molecule has 0 radical (unpaired) electrons. The lowest BCUT2D eigenvalue weighted by Crippen LogP contribution is -2.33. The van der Waals surface area contributed by atoms with Crippen molar-refractivity contribution in [2.75, 3.05) is 26.9 Å². The highest BCUT2D eigenvalue weighted by Crippen LogP contribution is 2.12. The Bertz CT molecular complexity index is 335. The van der Waals surface area contributed by atoms with E-state index in [4.69, 9.17) is 9.47 Å². The second-order valence-electron chi connectivity index (χ2n) is 5.22. The topological polar surface area (TPSA) is 30.5 Å². The summed E-state index contributed by atoms with van der Waals surface area (Å²) in [6.45, 7) is 8.99. The number of hydrogen-bond acceptors (Lipinski definition) is 3. The number of methoxy groups -OCH3 is 1. The number of benzene rings is 1. The highest BCUT2D eigenvalue weighted by atomic mass is 16.5. The maximum Gasteiger partial charge on any atom is 0.119 e. The summed E-state index contributed by atoms with van der Waals surface area (Å²) in [5.74, 6) is 1.58. The van der Waals surface area contributed by atoms with E-state index in [-0.39, 0.29) is 0 Å². The van der Waals surface area contributed by atoms with Crippen LogP contribution in [0.25, 0.3) is 0 Å². The standard InChI is InChI=1S/C16H27NO2/c1-13(2)14(3)17-10-12-19-16-7-5-15(6-8-16)9-11-18-4/h5-8,13-14,17H,9-12H2,1-4H3. The summed E-state index contributed by atoms with van der Waals surface area (Å²) in [6, 6.07) is 8.77. The largest absolute Gasteiger partial charge is 0.492 e. The van der Waals surface area contributed by atoms with Crippen LogP contribution in [0.15, 0.2) is 24.3 Å². The second kappa shape index (κ2) is 8.94. The molecule has 0 heterocycles. The molecule has 0 saturated heterocycles. The Morgan fingerprint density at radius 2 is 1.74 bits per heavy atom. The molecular formula is C16H27NO2. The first-order valence-corrected chi connectivity index (χ1v) is 7.07. The van der Waals surface area contributed by atoms with Crippen molar-refractivity contribution in [1.29, 1.82) is 0 Å². The molecule has 1 aromatic rings. The summed E-state index contributed by atoms with van der Waals surface area (Å²) in [5.41, 5.74) is 1.28. The molecule has 0 aliphatic rings. The molecular weight excluding hydrogens is 238 g/mol. The molecule has 1 N–H and O–H groups in total. The Kier molecular flexibility index (Phi) is 7.53. The minimum atomic E-state index is 0.528. The fourth-order valence-corrected chi connectivity index (χ4v) is 1.66. The van der Waals surface area contributed by atoms with Gasteiger partial charge in [0.2, 0.25) is 0 Å². The van der Waals surface area contributed by atoms with Crippen molar-refractivity contribution >= 4 is 0 Å². The molecule has 0 aromatic heterocycles. The molecule has 0 saturated carbocycles. The van der Waals surface area contributed by atoms with Crippen LogP contribution in [0.1, 0.15) is 26.3 Å². The zero-order chi connectivity index (χ0) is 14.1. The third-order valence-corrected chi connectivity index (χ3v) is 3.36. The molecule has 0 amide bonds. The van der Waals surface area contributed by atoms with Crippen molar-refractivity contribution in [2.45, 2.75) is 33.2 Å². The first-order chi connectivity index (χ1) is 9.13. The predicted octanol–water partition coefficient (Wildman–Crippen LogP) is 2.89. The average Bonchev–Trinajstić information content (AvgIpc) is 2.42. The molecule has 19 heavy (non-hydrogen) atoms. The lowest BCUT2D eigenvalue weighted by molar-refractivity contribution is 0.202. The fraction of sp³-hybridized carbons (Fsp3) is 0.625. The molecule has 0 fully saturated rings. The van der Waals surface area contributed by atoms with Gasteiger partial charge in [0.05, 0.1) is 6.61 Å². The van der Waals surface area contributed by atoms with E-state index in [1.807, 2.05) is 12.1 Å². The van der Waals surface area contributed by atoms with Crippen molar-refractivity contribution in [3.8, 4) is 5.75 Å². The first-order valence-electron chi connectivity index (χ1n) is 7.07. The minimum Gasteiger partial charge on any atom is -0.492 e. The molecule has 0 aliphatic carbocycles. The smallest absolute Gasteiger partial charge is 0.119 e. The average molecular weight is 265 g/mol. The number of hydrogen-bond donors (Lipinski definition) is 1. The van der Waals surface area contributed by atoms with Crippen LogP contribution in [0.4, 0.5) is 0 Å². The molecule has 1 rings (SSSR count). The van der Waals surface area contributed by atoms with Crippen LogP contribution in [-0.4, -0.2) is 32.9 Å². The lowest BCUT2D eigenvalue weighted by atomic mass is 10.1. The molecule has 108 valence electrons. The van der Waals surface area contributed by atoms with Crippen LogP contribution >= 0.6 is 0 Å². The van der Waals surface area contributed by atoms with Gasteiger partial charge in [0.25, 0.3) is 0 Å². The Morgan fingerprint density at radius 3 is 2.32 bits per heavy atom. The maximum atomic E-state index is 5.70. The van der Waals surface area contributed by atoms with Crippen LogP contribution in [0, 0.1) is 5.92 Å². The first kappa shape index (κ1) is 16.0. The van der Waals surface area contributed by atoms with E-state index in [0.29, 0.717) is 18.6 Å². The van der Waals surface area contributed by atoms with Crippen molar-refractivity contribution in [1.82, 2.24) is 5.32 Å². The van der Waals surface area contributed by atoms with Gasteiger partial charge in [-0.25, -0.2) is 0 Å². The Balaban J connectivity index is 2.22. The van der Waals surface area contributed by atoms with E-state index in [9.17, 15) is 0 Å². The van der Waals surface area contributed by atoms with Crippen molar-refractivity contribution in [3.05, 3.63) is 29.8 Å². The molecule has 1 aromatic carbocycles. The lowest BCUT2D eigenvalue weighted by Gasteiger charge is -2.17. The number of ether oxygens (including phenoxy) is 2. The van der Waals surface area contributed by atoms with Gasteiger partial charge in [-0.3, -0.25) is 0 Å². The van der Waals surface area contributed by atoms with Gasteiger partial charge in [0, 0.05) is 19.7 Å². The molecule has 1 unspecified atom stereocenters. The van der Waals surface area contributed by atoms with Gasteiger partial charge < -0.3 is 14.8 Å². The number of rotatable bonds is 9. The Hall–Kier alpha value is -1.06. The van der Waals surface area contributed by atoms with Gasteiger partial charge in [0.1, 0.15) is 12.4 Å². The van der Waals surface area contributed by atoms with Crippen LogP contribution in [0.2, 0.25) is 0 Å². The highest BCUT2D eigenvalue weighted by Gasteiger charge is 2.04. The van der Waals surface area contributed by atoms with E-state index >= 15 is 0 Å². The summed E-state index contributed by atoms with van der Waals surface area (Å²) >= 11 is 0. The third kappa shape index (κ3) is 6.60. The minimum absolute atomic E-state index is 0.528. The van der Waals surface area contributed by atoms with Gasteiger partial charge in [0.15, 0.2) is 0 Å². The fourth-order valence-electron chi connectivity index (χ4n) is 1.66. The summed E-state index contributed by atoms with van der Waals surface area (Å²) < 4.78 is 10.8. The molecule has 3 nitrogen and oxygen atoms in total. The van der Waals surface area contributed by atoms with Crippen LogP contribution in [0.5, 0.6) is 5.75 Å². The summed E-state index contributed by atoms with van der Waals surface area (Å²) in [6.07, 6.45) is 0.949. The van der Waals surface area contributed by atoms with Crippen molar-refractivity contribution < 1.29 is 9.47 Å². The normalized spacial score (nSPS) is 12.7. The van der Waals surface area contributed by atoms with Gasteiger partial charge >= 0.3 is 0 Å². The van der Waals surface area contributed by atoms with Gasteiger partial charge in [-0.05, 0) is 37.0 Å². The number of nitrogens with one attached hydrogen (secondary N) is 1. The van der Waals surface area contributed by atoms with Gasteiger partial charge in [-0.1, -0.05) is 26.0 Å². The Morgan fingerprint density at radius 1 is 1.05 bits per heavy atom.